The highest BCUT2D eigenvalue weighted by atomic mass is 16.5. The highest BCUT2D eigenvalue weighted by molar-refractivity contribution is 5.40. The van der Waals surface area contributed by atoms with E-state index < -0.39 is 6.10 Å². The Bertz CT molecular complexity index is 763. The third kappa shape index (κ3) is 7.50. The van der Waals surface area contributed by atoms with Crippen LogP contribution in [0.4, 0.5) is 0 Å². The second-order valence-electron chi connectivity index (χ2n) is 8.18. The quantitative estimate of drug-likeness (QED) is 0.545. The molecule has 0 spiro atoms. The Kier molecular flexibility index (Phi) is 9.14. The van der Waals surface area contributed by atoms with Crippen LogP contribution >= 0.6 is 0 Å². The molecule has 1 atom stereocenters. The number of nitrogens with zero attached hydrogens (tertiary/aromatic N) is 5. The first kappa shape index (κ1) is 23.5. The number of benzene rings is 1. The minimum Gasteiger partial charge on any atom is -0.497 e. The van der Waals surface area contributed by atoms with Crippen molar-refractivity contribution in [2.24, 2.45) is 0 Å². The molecule has 31 heavy (non-hydrogen) atoms. The van der Waals surface area contributed by atoms with E-state index in [-0.39, 0.29) is 6.61 Å². The number of ether oxygens (including phenoxy) is 2. The van der Waals surface area contributed by atoms with E-state index in [1.165, 1.54) is 0 Å². The van der Waals surface area contributed by atoms with Crippen LogP contribution in [0.15, 0.2) is 36.7 Å². The first-order valence-corrected chi connectivity index (χ1v) is 11.2. The Morgan fingerprint density at radius 2 is 2.03 bits per heavy atom. The summed E-state index contributed by atoms with van der Waals surface area (Å²) in [4.78, 5) is 6.97. The van der Waals surface area contributed by atoms with Gasteiger partial charge in [0, 0.05) is 69.8 Å². The lowest BCUT2D eigenvalue weighted by Gasteiger charge is -2.33. The van der Waals surface area contributed by atoms with Crippen molar-refractivity contribution in [3.63, 3.8) is 0 Å². The maximum atomic E-state index is 10.5. The van der Waals surface area contributed by atoms with Gasteiger partial charge < -0.3 is 19.5 Å². The summed E-state index contributed by atoms with van der Waals surface area (Å²) in [6.45, 7) is 10.6. The molecule has 0 bridgehead atoms. The number of aliphatic hydroxyl groups excluding tert-OH is 1. The summed E-state index contributed by atoms with van der Waals surface area (Å²) in [5.74, 6) is 1.53. The standard InChI is InChI=1S/C23H37N5O3/c1-4-26(14-15-28-9-5-8-24-28)17-20-6-7-22(30-3)16-23(20)31-19-21(29)18-27-12-10-25(2)11-13-27/h5-9,16,21,29H,4,10-15,17-19H2,1-3H3/t21-/m0/s1. The van der Waals surface area contributed by atoms with Gasteiger partial charge in [-0.25, -0.2) is 0 Å². The summed E-state index contributed by atoms with van der Waals surface area (Å²) >= 11 is 0. The fourth-order valence-corrected chi connectivity index (χ4v) is 3.76. The van der Waals surface area contributed by atoms with Crippen molar-refractivity contribution >= 4 is 0 Å². The molecule has 2 aromatic rings. The van der Waals surface area contributed by atoms with Gasteiger partial charge in [0.2, 0.25) is 0 Å². The maximum Gasteiger partial charge on any atom is 0.127 e. The summed E-state index contributed by atoms with van der Waals surface area (Å²) in [5.41, 5.74) is 1.09. The highest BCUT2D eigenvalue weighted by Crippen LogP contribution is 2.26. The number of methoxy groups -OCH3 is 1. The lowest BCUT2D eigenvalue weighted by Crippen LogP contribution is -2.47. The Labute approximate surface area is 185 Å². The number of hydrogen-bond acceptors (Lipinski definition) is 7. The van der Waals surface area contributed by atoms with Gasteiger partial charge in [-0.3, -0.25) is 14.5 Å². The smallest absolute Gasteiger partial charge is 0.127 e. The molecule has 3 rings (SSSR count). The van der Waals surface area contributed by atoms with Crippen LogP contribution in [-0.4, -0.2) is 102 Å². The SMILES string of the molecule is CCN(CCn1cccn1)Cc1ccc(OC)cc1OC[C@@H](O)CN1CCN(C)CC1. The monoisotopic (exact) mass is 431 g/mol. The molecular formula is C23H37N5O3. The third-order valence-electron chi connectivity index (χ3n) is 5.82. The molecule has 1 fully saturated rings. The molecule has 172 valence electrons. The molecule has 8 heteroatoms. The molecule has 2 heterocycles. The lowest BCUT2D eigenvalue weighted by atomic mass is 10.1. The molecular weight excluding hydrogens is 394 g/mol. The summed E-state index contributed by atoms with van der Waals surface area (Å²) in [7, 11) is 3.79. The number of aromatic nitrogens is 2. The van der Waals surface area contributed by atoms with Crippen LogP contribution in [-0.2, 0) is 13.1 Å². The van der Waals surface area contributed by atoms with E-state index in [1.54, 1.807) is 13.3 Å². The Morgan fingerprint density at radius 3 is 2.71 bits per heavy atom. The number of piperazine rings is 1. The Morgan fingerprint density at radius 1 is 1.23 bits per heavy atom. The van der Waals surface area contributed by atoms with Gasteiger partial charge in [0.15, 0.2) is 0 Å². The molecule has 0 aliphatic carbocycles. The van der Waals surface area contributed by atoms with E-state index in [4.69, 9.17) is 9.47 Å². The molecule has 1 aliphatic heterocycles. The summed E-state index contributed by atoms with van der Waals surface area (Å²) < 4.78 is 13.4. The van der Waals surface area contributed by atoms with Gasteiger partial charge in [-0.15, -0.1) is 0 Å². The van der Waals surface area contributed by atoms with Gasteiger partial charge in [-0.1, -0.05) is 13.0 Å². The Hall–Kier alpha value is -2.13. The van der Waals surface area contributed by atoms with Crippen molar-refractivity contribution in [1.29, 1.82) is 0 Å². The molecule has 1 N–H and O–H groups in total. The van der Waals surface area contributed by atoms with E-state index in [0.717, 1.165) is 69.4 Å². The zero-order chi connectivity index (χ0) is 22.1. The van der Waals surface area contributed by atoms with Gasteiger partial charge >= 0.3 is 0 Å². The summed E-state index contributed by atoms with van der Waals surface area (Å²) in [5, 5.41) is 14.8. The second kappa shape index (κ2) is 12.0. The van der Waals surface area contributed by atoms with Crippen molar-refractivity contribution < 1.29 is 14.6 Å². The second-order valence-corrected chi connectivity index (χ2v) is 8.18. The van der Waals surface area contributed by atoms with Gasteiger partial charge in [0.1, 0.15) is 24.2 Å². The molecule has 1 aromatic carbocycles. The number of aliphatic hydroxyl groups is 1. The minimum absolute atomic E-state index is 0.270. The van der Waals surface area contributed by atoms with Gasteiger partial charge in [-0.2, -0.15) is 5.10 Å². The van der Waals surface area contributed by atoms with Gasteiger partial charge in [0.25, 0.3) is 0 Å². The van der Waals surface area contributed by atoms with Crippen LogP contribution < -0.4 is 9.47 Å². The van der Waals surface area contributed by atoms with E-state index in [9.17, 15) is 5.11 Å². The Balaban J connectivity index is 1.56. The first-order valence-electron chi connectivity index (χ1n) is 11.2. The topological polar surface area (TPSA) is 66.2 Å². The van der Waals surface area contributed by atoms with Crippen LogP contribution in [0, 0.1) is 0 Å². The third-order valence-corrected chi connectivity index (χ3v) is 5.82. The molecule has 1 aliphatic rings. The molecule has 0 radical (unpaired) electrons. The molecule has 8 nitrogen and oxygen atoms in total. The summed E-state index contributed by atoms with van der Waals surface area (Å²) in [6, 6.07) is 7.88. The first-order chi connectivity index (χ1) is 15.1. The number of rotatable bonds is 12. The number of likely N-dealkylation sites (N-methyl/N-ethyl adjacent to an activating group) is 2. The molecule has 1 aromatic heterocycles. The fourth-order valence-electron chi connectivity index (χ4n) is 3.76. The average Bonchev–Trinajstić information content (AvgIpc) is 3.31. The number of β-amino-alcohol motifs (C(OH)–C–C–N with tert-alkyl or cyclic N) is 1. The zero-order valence-corrected chi connectivity index (χ0v) is 19.1. The highest BCUT2D eigenvalue weighted by Gasteiger charge is 2.18. The normalized spacial score (nSPS) is 16.5. The largest absolute Gasteiger partial charge is 0.497 e. The van der Waals surface area contributed by atoms with Gasteiger partial charge in [-0.05, 0) is 25.7 Å². The molecule has 0 saturated carbocycles. The van der Waals surface area contributed by atoms with Crippen LogP contribution in [0.3, 0.4) is 0 Å². The summed E-state index contributed by atoms with van der Waals surface area (Å²) in [6.07, 6.45) is 3.26. The van der Waals surface area contributed by atoms with Crippen molar-refractivity contribution in [1.82, 2.24) is 24.5 Å². The molecule has 1 saturated heterocycles. The van der Waals surface area contributed by atoms with E-state index in [0.29, 0.717) is 6.54 Å². The molecule has 0 unspecified atom stereocenters. The predicted octanol–water partition coefficient (Wildman–Crippen LogP) is 1.40. The predicted molar refractivity (Wildman–Crippen MR) is 122 cm³/mol. The van der Waals surface area contributed by atoms with E-state index in [1.807, 2.05) is 29.1 Å². The van der Waals surface area contributed by atoms with Crippen LogP contribution in [0.5, 0.6) is 11.5 Å². The minimum atomic E-state index is -0.524. The van der Waals surface area contributed by atoms with Crippen molar-refractivity contribution in [2.75, 3.05) is 66.6 Å². The van der Waals surface area contributed by atoms with Crippen molar-refractivity contribution in [3.8, 4) is 11.5 Å². The number of hydrogen-bond donors (Lipinski definition) is 1. The lowest BCUT2D eigenvalue weighted by molar-refractivity contribution is 0.0499. The molecule has 0 amide bonds. The van der Waals surface area contributed by atoms with E-state index >= 15 is 0 Å². The fraction of sp³-hybridized carbons (Fsp3) is 0.609. The van der Waals surface area contributed by atoms with Crippen LogP contribution in [0.1, 0.15) is 12.5 Å². The van der Waals surface area contributed by atoms with Crippen LogP contribution in [0.25, 0.3) is 0 Å². The van der Waals surface area contributed by atoms with Crippen molar-refractivity contribution in [2.45, 2.75) is 26.1 Å². The van der Waals surface area contributed by atoms with Crippen molar-refractivity contribution in [3.05, 3.63) is 42.2 Å². The van der Waals surface area contributed by atoms with E-state index in [2.05, 4.69) is 39.8 Å². The average molecular weight is 432 g/mol. The maximum absolute atomic E-state index is 10.5. The van der Waals surface area contributed by atoms with Gasteiger partial charge in [0.05, 0.1) is 13.7 Å². The zero-order valence-electron chi connectivity index (χ0n) is 19.1. The van der Waals surface area contributed by atoms with Crippen LogP contribution in [0.2, 0.25) is 0 Å².